The number of rotatable bonds is 6. The molecule has 90 valence electrons. The highest BCUT2D eigenvalue weighted by Crippen LogP contribution is 2.37. The zero-order chi connectivity index (χ0) is 12.5. The molecule has 0 heterocycles. The van der Waals surface area contributed by atoms with E-state index in [-0.39, 0.29) is 5.90 Å². The van der Waals surface area contributed by atoms with Gasteiger partial charge in [0.25, 0.3) is 0 Å². The molecule has 0 radical (unpaired) electrons. The molecular formula is C10H12N4OS2. The Bertz CT molecular complexity index is 432. The van der Waals surface area contributed by atoms with Crippen LogP contribution in [-0.4, -0.2) is 18.8 Å². The molecule has 7 heteroatoms. The molecule has 0 saturated heterocycles. The van der Waals surface area contributed by atoms with Crippen LogP contribution in [0.4, 0.5) is 5.69 Å². The van der Waals surface area contributed by atoms with E-state index in [1.165, 1.54) is 17.9 Å². The highest BCUT2D eigenvalue weighted by atomic mass is 33.1. The lowest BCUT2D eigenvalue weighted by Gasteiger charge is -2.04. The quantitative estimate of drug-likeness (QED) is 0.158. The van der Waals surface area contributed by atoms with Crippen LogP contribution in [0.3, 0.4) is 0 Å². The van der Waals surface area contributed by atoms with Gasteiger partial charge in [-0.25, -0.2) is 0 Å². The molecule has 0 aliphatic rings. The lowest BCUT2D eigenvalue weighted by molar-refractivity contribution is 0.389. The molecule has 0 aliphatic heterocycles. The molecule has 0 aliphatic carbocycles. The number of hydrogen-bond donors (Lipinski definition) is 1. The molecule has 0 spiro atoms. The average molecular weight is 268 g/mol. The monoisotopic (exact) mass is 268 g/mol. The van der Waals surface area contributed by atoms with Crippen molar-refractivity contribution < 1.29 is 4.74 Å². The van der Waals surface area contributed by atoms with Crippen LogP contribution in [0.1, 0.15) is 6.42 Å². The highest BCUT2D eigenvalue weighted by molar-refractivity contribution is 8.76. The lowest BCUT2D eigenvalue weighted by atomic mass is 10.3. The summed E-state index contributed by atoms with van der Waals surface area (Å²) in [6, 6.07) is 7.42. The van der Waals surface area contributed by atoms with E-state index in [4.69, 9.17) is 15.7 Å². The molecule has 0 amide bonds. The molecule has 1 N–H and O–H groups in total. The maximum atomic E-state index is 8.42. The first-order valence-corrected chi connectivity index (χ1v) is 7.15. The Labute approximate surface area is 107 Å². The van der Waals surface area contributed by atoms with Crippen molar-refractivity contribution in [2.45, 2.75) is 11.3 Å². The third kappa shape index (κ3) is 5.04. The number of nitrogens with one attached hydrogen (secondary N) is 1. The number of benzene rings is 1. The fraction of sp³-hybridized carbons (Fsp3) is 0.300. The van der Waals surface area contributed by atoms with E-state index in [2.05, 4.69) is 10.0 Å². The van der Waals surface area contributed by atoms with Crippen LogP contribution in [0.5, 0.6) is 0 Å². The molecule has 0 atom stereocenters. The molecule has 1 rings (SSSR count). The van der Waals surface area contributed by atoms with E-state index in [0.29, 0.717) is 12.1 Å². The summed E-state index contributed by atoms with van der Waals surface area (Å²) in [7, 11) is 4.64. The zero-order valence-corrected chi connectivity index (χ0v) is 10.9. The molecule has 5 nitrogen and oxygen atoms in total. The Morgan fingerprint density at radius 2 is 2.29 bits per heavy atom. The second-order valence-corrected chi connectivity index (χ2v) is 5.40. The molecule has 0 bridgehead atoms. The van der Waals surface area contributed by atoms with Crippen molar-refractivity contribution in [3.8, 4) is 0 Å². The smallest absolute Gasteiger partial charge is 0.180 e. The first kappa shape index (κ1) is 13.8. The van der Waals surface area contributed by atoms with Gasteiger partial charge in [-0.05, 0) is 11.6 Å². The topological polar surface area (TPSA) is 81.8 Å². The second-order valence-electron chi connectivity index (χ2n) is 2.94. The Balaban J connectivity index is 2.46. The third-order valence-corrected chi connectivity index (χ3v) is 4.23. The minimum atomic E-state index is 0.279. The van der Waals surface area contributed by atoms with Crippen LogP contribution in [0.25, 0.3) is 10.4 Å². The summed E-state index contributed by atoms with van der Waals surface area (Å²) in [5.41, 5.74) is 9.05. The summed E-state index contributed by atoms with van der Waals surface area (Å²) in [6.07, 6.45) is 0.595. The van der Waals surface area contributed by atoms with Gasteiger partial charge < -0.3 is 4.74 Å². The van der Waals surface area contributed by atoms with Crippen LogP contribution in [0.15, 0.2) is 34.3 Å². The summed E-state index contributed by atoms with van der Waals surface area (Å²) < 4.78 is 4.76. The van der Waals surface area contributed by atoms with Gasteiger partial charge in [0.1, 0.15) is 0 Å². The van der Waals surface area contributed by atoms with Crippen molar-refractivity contribution in [2.24, 2.45) is 5.11 Å². The summed E-state index contributed by atoms with van der Waals surface area (Å²) in [5.74, 6) is 1.06. The summed E-state index contributed by atoms with van der Waals surface area (Å²) >= 11 is 0. The first-order valence-electron chi connectivity index (χ1n) is 4.83. The van der Waals surface area contributed by atoms with Crippen molar-refractivity contribution in [1.29, 1.82) is 5.41 Å². The van der Waals surface area contributed by atoms with E-state index in [1.54, 1.807) is 16.9 Å². The third-order valence-electron chi connectivity index (χ3n) is 1.83. The van der Waals surface area contributed by atoms with Gasteiger partial charge in [0.15, 0.2) is 5.90 Å². The Kier molecular flexibility index (Phi) is 6.39. The van der Waals surface area contributed by atoms with Crippen LogP contribution in [0, 0.1) is 5.41 Å². The number of azide groups is 1. The van der Waals surface area contributed by atoms with Crippen LogP contribution in [0.2, 0.25) is 0 Å². The number of hydrogen-bond acceptors (Lipinski definition) is 5. The van der Waals surface area contributed by atoms with Crippen LogP contribution < -0.4 is 0 Å². The standard InChI is InChI=1S/C10H12N4OS2/c1-15-10(11)6-7-16-17-9-5-3-2-4-8(9)13-14-12/h2-5,11H,6-7H2,1H3. The van der Waals surface area contributed by atoms with Crippen molar-refractivity contribution in [3.05, 3.63) is 34.7 Å². The molecule has 0 aromatic heterocycles. The molecule has 17 heavy (non-hydrogen) atoms. The second kappa shape index (κ2) is 7.89. The lowest BCUT2D eigenvalue weighted by Crippen LogP contribution is -1.99. The van der Waals surface area contributed by atoms with Gasteiger partial charge in [0.05, 0.1) is 12.8 Å². The Hall–Kier alpha value is -1.30. The van der Waals surface area contributed by atoms with E-state index in [0.717, 1.165) is 10.6 Å². The fourth-order valence-corrected chi connectivity index (χ4v) is 3.11. The van der Waals surface area contributed by atoms with E-state index < -0.39 is 0 Å². The minimum absolute atomic E-state index is 0.279. The summed E-state index contributed by atoms with van der Waals surface area (Å²) in [5, 5.41) is 10.9. The molecule has 1 aromatic carbocycles. The first-order chi connectivity index (χ1) is 8.27. The van der Waals surface area contributed by atoms with Crippen LogP contribution in [-0.2, 0) is 4.74 Å². The zero-order valence-electron chi connectivity index (χ0n) is 9.29. The molecule has 0 fully saturated rings. The number of methoxy groups -OCH3 is 1. The van der Waals surface area contributed by atoms with E-state index in [1.807, 2.05) is 18.2 Å². The average Bonchev–Trinajstić information content (AvgIpc) is 2.36. The predicted molar refractivity (Wildman–Crippen MR) is 72.9 cm³/mol. The van der Waals surface area contributed by atoms with Gasteiger partial charge in [-0.3, -0.25) is 5.41 Å². The van der Waals surface area contributed by atoms with Gasteiger partial charge >= 0.3 is 0 Å². The summed E-state index contributed by atoms with van der Waals surface area (Å²) in [6.45, 7) is 0. The normalized spacial score (nSPS) is 9.47. The van der Waals surface area contributed by atoms with Gasteiger partial charge in [0, 0.05) is 22.0 Å². The molecule has 0 unspecified atom stereocenters. The van der Waals surface area contributed by atoms with Gasteiger partial charge in [-0.1, -0.05) is 44.9 Å². The maximum Gasteiger partial charge on any atom is 0.180 e. The van der Waals surface area contributed by atoms with Crippen molar-refractivity contribution in [3.63, 3.8) is 0 Å². The molecule has 0 saturated carbocycles. The van der Waals surface area contributed by atoms with Gasteiger partial charge in [-0.2, -0.15) is 0 Å². The number of nitrogens with zero attached hydrogens (tertiary/aromatic N) is 3. The van der Waals surface area contributed by atoms with E-state index in [9.17, 15) is 0 Å². The van der Waals surface area contributed by atoms with Crippen molar-refractivity contribution in [1.82, 2.24) is 0 Å². The number of ether oxygens (including phenoxy) is 1. The van der Waals surface area contributed by atoms with Gasteiger partial charge in [-0.15, -0.1) is 0 Å². The van der Waals surface area contributed by atoms with Gasteiger partial charge in [0.2, 0.25) is 0 Å². The highest BCUT2D eigenvalue weighted by Gasteiger charge is 2.02. The fourth-order valence-electron chi connectivity index (χ4n) is 1.00. The van der Waals surface area contributed by atoms with Crippen molar-refractivity contribution in [2.75, 3.05) is 12.9 Å². The molecule has 1 aromatic rings. The maximum absolute atomic E-state index is 8.42. The molecular weight excluding hydrogens is 256 g/mol. The van der Waals surface area contributed by atoms with Crippen LogP contribution >= 0.6 is 21.6 Å². The Morgan fingerprint density at radius 3 is 3.00 bits per heavy atom. The summed E-state index contributed by atoms with van der Waals surface area (Å²) in [4.78, 5) is 3.71. The van der Waals surface area contributed by atoms with Crippen molar-refractivity contribution >= 4 is 33.2 Å². The predicted octanol–water partition coefficient (Wildman–Crippen LogP) is 4.38. The minimum Gasteiger partial charge on any atom is -0.484 e. The van der Waals surface area contributed by atoms with E-state index >= 15 is 0 Å². The Morgan fingerprint density at radius 1 is 1.53 bits per heavy atom. The largest absolute Gasteiger partial charge is 0.484 e. The SMILES string of the molecule is COC(=N)CCSSc1ccccc1N=[N+]=[N-].